The van der Waals surface area contributed by atoms with Crippen molar-refractivity contribution in [1.82, 2.24) is 0 Å². The van der Waals surface area contributed by atoms with Crippen molar-refractivity contribution in [3.05, 3.63) is 123 Å². The molecule has 234 valence electrons. The molecule has 0 unspecified atom stereocenters. The molecule has 0 saturated carbocycles. The Morgan fingerprint density at radius 1 is 0.364 bits per heavy atom. The number of hydrogen-bond acceptors (Lipinski definition) is 3. The maximum Gasteiger partial charge on any atom is 0.123 e. The molecule has 0 aromatic heterocycles. The molecule has 0 fully saturated rings. The Hall–Kier alpha value is -3.72. The van der Waals surface area contributed by atoms with Gasteiger partial charge in [0.1, 0.15) is 17.2 Å². The summed E-state index contributed by atoms with van der Waals surface area (Å²) in [5.74, 6) is 0.861. The first-order chi connectivity index (χ1) is 20.1. The normalized spacial score (nSPS) is 13.3. The maximum absolute atomic E-state index is 11.8. The fourth-order valence-electron chi connectivity index (χ4n) is 6.39. The van der Waals surface area contributed by atoms with E-state index in [2.05, 4.69) is 132 Å². The minimum atomic E-state index is -0.851. The monoisotopic (exact) mass is 592 g/mol. The van der Waals surface area contributed by atoms with Gasteiger partial charge in [-0.1, -0.05) is 126 Å². The van der Waals surface area contributed by atoms with Crippen LogP contribution in [0.4, 0.5) is 0 Å². The third kappa shape index (κ3) is 5.99. The van der Waals surface area contributed by atoms with E-state index in [4.69, 9.17) is 0 Å². The average Bonchev–Trinajstić information content (AvgIpc) is 2.89. The number of aromatic hydroxyl groups is 3. The molecule has 44 heavy (non-hydrogen) atoms. The summed E-state index contributed by atoms with van der Waals surface area (Å²) in [6, 6.07) is 26.7. The molecule has 4 rings (SSSR count). The van der Waals surface area contributed by atoms with Crippen LogP contribution in [0.5, 0.6) is 17.2 Å². The average molecular weight is 593 g/mol. The van der Waals surface area contributed by atoms with Crippen LogP contribution in [0.2, 0.25) is 0 Å². The first kappa shape index (κ1) is 33.2. The van der Waals surface area contributed by atoms with E-state index in [9.17, 15) is 15.3 Å². The highest BCUT2D eigenvalue weighted by atomic mass is 16.3. The van der Waals surface area contributed by atoms with Crippen LogP contribution in [0.3, 0.4) is 0 Å². The zero-order valence-electron chi connectivity index (χ0n) is 28.8. The lowest BCUT2D eigenvalue weighted by Crippen LogP contribution is -2.33. The zero-order chi connectivity index (χ0) is 33.0. The van der Waals surface area contributed by atoms with Crippen LogP contribution in [0.15, 0.2) is 78.9 Å². The molecule has 4 aromatic rings. The van der Waals surface area contributed by atoms with Crippen LogP contribution in [-0.4, -0.2) is 15.3 Å². The van der Waals surface area contributed by atoms with E-state index in [1.165, 1.54) is 0 Å². The fourth-order valence-corrected chi connectivity index (χ4v) is 6.39. The molecule has 0 spiro atoms. The quantitative estimate of drug-likeness (QED) is 0.207. The molecule has 4 aromatic carbocycles. The maximum atomic E-state index is 11.8. The van der Waals surface area contributed by atoms with Gasteiger partial charge in [-0.05, 0) is 103 Å². The molecule has 0 heterocycles. The van der Waals surface area contributed by atoms with Gasteiger partial charge in [0.05, 0.1) is 5.41 Å². The van der Waals surface area contributed by atoms with Crippen LogP contribution in [0.1, 0.15) is 128 Å². The molecule has 0 aliphatic heterocycles. The Morgan fingerprint density at radius 2 is 0.659 bits per heavy atom. The highest BCUT2D eigenvalue weighted by molar-refractivity contribution is 5.66. The lowest BCUT2D eigenvalue weighted by molar-refractivity contribution is 0.421. The lowest BCUT2D eigenvalue weighted by Gasteiger charge is -2.41. The molecule has 0 saturated heterocycles. The van der Waals surface area contributed by atoms with Crippen molar-refractivity contribution >= 4 is 0 Å². The summed E-state index contributed by atoms with van der Waals surface area (Å²) in [6.45, 7) is 25.7. The van der Waals surface area contributed by atoms with Gasteiger partial charge in [0.2, 0.25) is 0 Å². The molecule has 0 aliphatic rings. The molecular formula is C41H52O3. The molecule has 0 bridgehead atoms. The summed E-state index contributed by atoms with van der Waals surface area (Å²) in [5, 5.41) is 34.0. The Kier molecular flexibility index (Phi) is 8.31. The van der Waals surface area contributed by atoms with E-state index < -0.39 is 5.41 Å². The number of hydrogen-bond donors (Lipinski definition) is 3. The molecule has 0 atom stereocenters. The van der Waals surface area contributed by atoms with Crippen molar-refractivity contribution in [2.24, 2.45) is 0 Å². The molecule has 0 radical (unpaired) electrons. The Balaban J connectivity index is 2.38. The van der Waals surface area contributed by atoms with E-state index in [0.29, 0.717) is 11.5 Å². The van der Waals surface area contributed by atoms with E-state index in [1.807, 2.05) is 18.2 Å². The standard InChI is InChI=1S/C41H52O3/c1-37(2,3)31-22-28(23-32(35(31)43)38(4,5)6)41(26-16-14-13-15-17-26,27-18-20-30(42)21-19-27)29-24-33(39(7,8)9)36(44)34(25-29)40(10,11)12/h13-25,42-44H,1-12H3. The summed E-state index contributed by atoms with van der Waals surface area (Å²) >= 11 is 0. The zero-order valence-corrected chi connectivity index (χ0v) is 28.8. The summed E-state index contributed by atoms with van der Waals surface area (Å²) in [7, 11) is 0. The summed E-state index contributed by atoms with van der Waals surface area (Å²) in [4.78, 5) is 0. The third-order valence-electron chi connectivity index (χ3n) is 8.83. The smallest absolute Gasteiger partial charge is 0.123 e. The minimum Gasteiger partial charge on any atom is -0.508 e. The second-order valence-corrected chi connectivity index (χ2v) is 16.5. The highest BCUT2D eigenvalue weighted by Crippen LogP contribution is 2.52. The first-order valence-electron chi connectivity index (χ1n) is 15.7. The largest absolute Gasteiger partial charge is 0.508 e. The van der Waals surface area contributed by atoms with Crippen molar-refractivity contribution in [3.63, 3.8) is 0 Å². The Labute approximate surface area is 265 Å². The molecule has 0 aliphatic carbocycles. The highest BCUT2D eigenvalue weighted by Gasteiger charge is 2.43. The van der Waals surface area contributed by atoms with Crippen LogP contribution >= 0.6 is 0 Å². The Morgan fingerprint density at radius 3 is 0.955 bits per heavy atom. The molecule has 3 nitrogen and oxygen atoms in total. The van der Waals surface area contributed by atoms with Crippen LogP contribution in [0, 0.1) is 0 Å². The van der Waals surface area contributed by atoms with E-state index >= 15 is 0 Å². The second-order valence-electron chi connectivity index (χ2n) is 16.5. The van der Waals surface area contributed by atoms with Gasteiger partial charge in [-0.3, -0.25) is 0 Å². The predicted octanol–water partition coefficient (Wildman–Crippen LogP) is 10.4. The molecule has 0 amide bonds. The van der Waals surface area contributed by atoms with Gasteiger partial charge in [0.15, 0.2) is 0 Å². The van der Waals surface area contributed by atoms with Gasteiger partial charge in [-0.2, -0.15) is 0 Å². The van der Waals surface area contributed by atoms with E-state index in [0.717, 1.165) is 44.5 Å². The molecular weight excluding hydrogens is 540 g/mol. The third-order valence-corrected chi connectivity index (χ3v) is 8.83. The topological polar surface area (TPSA) is 60.7 Å². The summed E-state index contributed by atoms with van der Waals surface area (Å²) in [5.41, 5.74) is 5.41. The van der Waals surface area contributed by atoms with Crippen LogP contribution in [0.25, 0.3) is 0 Å². The van der Waals surface area contributed by atoms with Crippen molar-refractivity contribution in [2.45, 2.75) is 110 Å². The van der Waals surface area contributed by atoms with Crippen molar-refractivity contribution in [1.29, 1.82) is 0 Å². The number of phenolic OH excluding ortho intramolecular Hbond substituents is 3. The first-order valence-corrected chi connectivity index (χ1v) is 15.7. The number of benzene rings is 4. The van der Waals surface area contributed by atoms with Crippen LogP contribution < -0.4 is 0 Å². The van der Waals surface area contributed by atoms with Crippen molar-refractivity contribution in [3.8, 4) is 17.2 Å². The van der Waals surface area contributed by atoms with Gasteiger partial charge in [0, 0.05) is 0 Å². The molecule has 3 heteroatoms. The fraction of sp³-hybridized carbons (Fsp3) is 0.415. The van der Waals surface area contributed by atoms with Gasteiger partial charge < -0.3 is 15.3 Å². The second kappa shape index (κ2) is 11.0. The van der Waals surface area contributed by atoms with E-state index in [-0.39, 0.29) is 27.4 Å². The number of phenols is 3. The summed E-state index contributed by atoms with van der Waals surface area (Å²) < 4.78 is 0. The SMILES string of the molecule is CC(C)(C)c1cc(C(c2ccccc2)(c2ccc(O)cc2)c2cc(C(C)(C)C)c(O)c(C(C)(C)C)c2)cc(C(C)(C)C)c1O. The predicted molar refractivity (Wildman–Crippen MR) is 185 cm³/mol. The lowest BCUT2D eigenvalue weighted by atomic mass is 9.62. The van der Waals surface area contributed by atoms with Gasteiger partial charge in [0.25, 0.3) is 0 Å². The van der Waals surface area contributed by atoms with Gasteiger partial charge in [-0.25, -0.2) is 0 Å². The van der Waals surface area contributed by atoms with Crippen molar-refractivity contribution < 1.29 is 15.3 Å². The van der Waals surface area contributed by atoms with Crippen molar-refractivity contribution in [2.75, 3.05) is 0 Å². The molecule has 3 N–H and O–H groups in total. The minimum absolute atomic E-state index is 0.198. The van der Waals surface area contributed by atoms with E-state index in [1.54, 1.807) is 12.1 Å². The van der Waals surface area contributed by atoms with Gasteiger partial charge in [-0.15, -0.1) is 0 Å². The Bertz CT molecular complexity index is 1480. The van der Waals surface area contributed by atoms with Gasteiger partial charge >= 0.3 is 0 Å². The summed E-state index contributed by atoms with van der Waals surface area (Å²) in [6.07, 6.45) is 0. The van der Waals surface area contributed by atoms with Crippen LogP contribution in [-0.2, 0) is 27.1 Å². The number of rotatable bonds is 4.